The van der Waals surface area contributed by atoms with Crippen LogP contribution in [0.15, 0.2) is 12.4 Å². The van der Waals surface area contributed by atoms with Crippen molar-refractivity contribution >= 4 is 0 Å². The van der Waals surface area contributed by atoms with Gasteiger partial charge >= 0.3 is 0 Å². The standard InChI is InChI=1S/C32H61N/c1-3-5-7-9-11-13-15-17-19-21-23-25-27-31-29-33-30-32(31)28-26-24-22-20-18-16-14-12-10-8-6-4-2/h29-30,33H,3-28H2,1-2H3. The first kappa shape index (κ1) is 30.3. The number of aromatic nitrogens is 1. The summed E-state index contributed by atoms with van der Waals surface area (Å²) >= 11 is 0. The third-order valence-corrected chi connectivity index (χ3v) is 7.53. The summed E-state index contributed by atoms with van der Waals surface area (Å²) in [7, 11) is 0. The van der Waals surface area contributed by atoms with Gasteiger partial charge in [-0.15, -0.1) is 0 Å². The molecule has 1 N–H and O–H groups in total. The lowest BCUT2D eigenvalue weighted by atomic mass is 9.99. The van der Waals surface area contributed by atoms with E-state index in [1.165, 1.54) is 167 Å². The van der Waals surface area contributed by atoms with Crippen LogP contribution in [-0.2, 0) is 12.8 Å². The highest BCUT2D eigenvalue weighted by Crippen LogP contribution is 2.18. The van der Waals surface area contributed by atoms with Gasteiger partial charge in [0, 0.05) is 12.4 Å². The quantitative estimate of drug-likeness (QED) is 0.133. The zero-order valence-corrected chi connectivity index (χ0v) is 23.0. The van der Waals surface area contributed by atoms with E-state index in [9.17, 15) is 0 Å². The van der Waals surface area contributed by atoms with Gasteiger partial charge in [0.05, 0.1) is 0 Å². The number of rotatable bonds is 26. The normalized spacial score (nSPS) is 11.5. The van der Waals surface area contributed by atoms with Crippen LogP contribution in [0, 0.1) is 0 Å². The summed E-state index contributed by atoms with van der Waals surface area (Å²) in [6.45, 7) is 4.60. The Morgan fingerprint density at radius 3 is 0.879 bits per heavy atom. The number of hydrogen-bond donors (Lipinski definition) is 1. The van der Waals surface area contributed by atoms with E-state index in [0.29, 0.717) is 0 Å². The molecule has 0 aliphatic carbocycles. The highest BCUT2D eigenvalue weighted by atomic mass is 14.6. The number of H-pyrrole nitrogens is 1. The largest absolute Gasteiger partial charge is 0.367 e. The molecule has 194 valence electrons. The van der Waals surface area contributed by atoms with Gasteiger partial charge in [0.25, 0.3) is 0 Å². The molecule has 0 bridgehead atoms. The van der Waals surface area contributed by atoms with E-state index >= 15 is 0 Å². The smallest absolute Gasteiger partial charge is 0.00401 e. The van der Waals surface area contributed by atoms with Crippen molar-refractivity contribution in [3.63, 3.8) is 0 Å². The Bertz CT molecular complexity index is 446. The molecule has 1 aromatic heterocycles. The van der Waals surface area contributed by atoms with Crippen molar-refractivity contribution in [3.8, 4) is 0 Å². The highest BCUT2D eigenvalue weighted by Gasteiger charge is 2.04. The van der Waals surface area contributed by atoms with Crippen LogP contribution < -0.4 is 0 Å². The molecule has 1 aromatic rings. The Morgan fingerprint density at radius 2 is 0.606 bits per heavy atom. The van der Waals surface area contributed by atoms with E-state index in [4.69, 9.17) is 0 Å². The van der Waals surface area contributed by atoms with Crippen LogP contribution in [0.3, 0.4) is 0 Å². The van der Waals surface area contributed by atoms with Gasteiger partial charge in [0.1, 0.15) is 0 Å². The molecule has 0 saturated heterocycles. The maximum absolute atomic E-state index is 3.39. The highest BCUT2D eigenvalue weighted by molar-refractivity contribution is 5.23. The number of hydrogen-bond acceptors (Lipinski definition) is 0. The first-order valence-corrected chi connectivity index (χ1v) is 15.5. The van der Waals surface area contributed by atoms with Crippen molar-refractivity contribution in [2.45, 2.75) is 181 Å². The van der Waals surface area contributed by atoms with Gasteiger partial charge in [-0.1, -0.05) is 155 Å². The van der Waals surface area contributed by atoms with Crippen LogP contribution in [0.2, 0.25) is 0 Å². The average Bonchev–Trinajstić information content (AvgIpc) is 3.27. The SMILES string of the molecule is CCCCCCCCCCCCCCc1c[nH]cc1CCCCCCCCCCCCCC. The van der Waals surface area contributed by atoms with E-state index in [2.05, 4.69) is 31.2 Å². The van der Waals surface area contributed by atoms with Crippen molar-refractivity contribution in [2.75, 3.05) is 0 Å². The summed E-state index contributed by atoms with van der Waals surface area (Å²) in [5.41, 5.74) is 3.20. The molecule has 0 atom stereocenters. The molecular formula is C32H61N. The van der Waals surface area contributed by atoms with Gasteiger partial charge in [-0.05, 0) is 36.8 Å². The molecule has 0 amide bonds. The molecule has 1 rings (SSSR count). The van der Waals surface area contributed by atoms with Crippen molar-refractivity contribution in [2.24, 2.45) is 0 Å². The third-order valence-electron chi connectivity index (χ3n) is 7.53. The Hall–Kier alpha value is -0.720. The predicted octanol–water partition coefficient (Wildman–Crippen LogP) is 11.5. The van der Waals surface area contributed by atoms with Crippen LogP contribution in [0.1, 0.15) is 179 Å². The van der Waals surface area contributed by atoms with Crippen molar-refractivity contribution in [3.05, 3.63) is 23.5 Å². The molecule has 0 radical (unpaired) electrons. The van der Waals surface area contributed by atoms with Gasteiger partial charge < -0.3 is 4.98 Å². The Balaban J connectivity index is 1.89. The second-order valence-corrected chi connectivity index (χ2v) is 10.8. The molecule has 0 saturated carbocycles. The molecule has 0 fully saturated rings. The fourth-order valence-corrected chi connectivity index (χ4v) is 5.21. The lowest BCUT2D eigenvalue weighted by molar-refractivity contribution is 0.542. The van der Waals surface area contributed by atoms with E-state index < -0.39 is 0 Å². The molecule has 0 spiro atoms. The Labute approximate surface area is 209 Å². The number of unbranched alkanes of at least 4 members (excludes halogenated alkanes) is 22. The van der Waals surface area contributed by atoms with Gasteiger partial charge in [-0.3, -0.25) is 0 Å². The maximum atomic E-state index is 3.39. The first-order valence-electron chi connectivity index (χ1n) is 15.5. The third kappa shape index (κ3) is 19.3. The minimum absolute atomic E-state index is 1.29. The zero-order chi connectivity index (χ0) is 23.7. The summed E-state index contributed by atoms with van der Waals surface area (Å²) < 4.78 is 0. The summed E-state index contributed by atoms with van der Waals surface area (Å²) in [5.74, 6) is 0. The topological polar surface area (TPSA) is 15.8 Å². The average molecular weight is 460 g/mol. The van der Waals surface area contributed by atoms with Crippen LogP contribution in [0.4, 0.5) is 0 Å². The van der Waals surface area contributed by atoms with Crippen molar-refractivity contribution in [1.29, 1.82) is 0 Å². The van der Waals surface area contributed by atoms with E-state index in [-0.39, 0.29) is 0 Å². The lowest BCUT2D eigenvalue weighted by Gasteiger charge is -2.06. The molecule has 0 unspecified atom stereocenters. The monoisotopic (exact) mass is 459 g/mol. The zero-order valence-electron chi connectivity index (χ0n) is 23.0. The molecular weight excluding hydrogens is 398 g/mol. The number of aryl methyl sites for hydroxylation is 2. The number of nitrogens with one attached hydrogen (secondary N) is 1. The minimum atomic E-state index is 1.29. The molecule has 0 aliphatic heterocycles. The fourth-order valence-electron chi connectivity index (χ4n) is 5.21. The summed E-state index contributed by atoms with van der Waals surface area (Å²) in [4.78, 5) is 3.39. The Morgan fingerprint density at radius 1 is 0.364 bits per heavy atom. The van der Waals surface area contributed by atoms with Gasteiger partial charge in [0.15, 0.2) is 0 Å². The van der Waals surface area contributed by atoms with Crippen molar-refractivity contribution in [1.82, 2.24) is 4.98 Å². The van der Waals surface area contributed by atoms with Gasteiger partial charge in [0.2, 0.25) is 0 Å². The summed E-state index contributed by atoms with van der Waals surface area (Å²) in [6, 6.07) is 0. The Kier molecular flexibility index (Phi) is 22.4. The molecule has 1 nitrogen and oxygen atoms in total. The minimum Gasteiger partial charge on any atom is -0.367 e. The van der Waals surface area contributed by atoms with Crippen LogP contribution in [0.5, 0.6) is 0 Å². The van der Waals surface area contributed by atoms with Crippen LogP contribution in [0.25, 0.3) is 0 Å². The molecule has 0 aliphatic rings. The van der Waals surface area contributed by atoms with E-state index in [1.54, 1.807) is 11.1 Å². The molecule has 0 aromatic carbocycles. The predicted molar refractivity (Wildman–Crippen MR) is 150 cm³/mol. The lowest BCUT2D eigenvalue weighted by Crippen LogP contribution is -1.92. The molecule has 1 heterocycles. The second-order valence-electron chi connectivity index (χ2n) is 10.8. The van der Waals surface area contributed by atoms with E-state index in [0.717, 1.165) is 0 Å². The molecule has 1 heteroatoms. The van der Waals surface area contributed by atoms with Gasteiger partial charge in [-0.2, -0.15) is 0 Å². The van der Waals surface area contributed by atoms with Crippen molar-refractivity contribution < 1.29 is 0 Å². The summed E-state index contributed by atoms with van der Waals surface area (Å²) in [6.07, 6.45) is 41.6. The van der Waals surface area contributed by atoms with Crippen LogP contribution >= 0.6 is 0 Å². The fraction of sp³-hybridized carbons (Fsp3) is 0.875. The van der Waals surface area contributed by atoms with Gasteiger partial charge in [-0.25, -0.2) is 0 Å². The molecule has 33 heavy (non-hydrogen) atoms. The maximum Gasteiger partial charge on any atom is 0.00401 e. The number of aromatic amines is 1. The summed E-state index contributed by atoms with van der Waals surface area (Å²) in [5, 5.41) is 0. The van der Waals surface area contributed by atoms with E-state index in [1.807, 2.05) is 0 Å². The second kappa shape index (κ2) is 24.4. The first-order chi connectivity index (χ1) is 16.4. The van der Waals surface area contributed by atoms with Crippen LogP contribution in [-0.4, -0.2) is 4.98 Å².